The molecule has 2 rings (SSSR count). The molecule has 0 saturated carbocycles. The zero-order chi connectivity index (χ0) is 19.1. The van der Waals surface area contributed by atoms with Crippen molar-refractivity contribution in [2.45, 2.75) is 6.61 Å². The SMILES string of the molecule is COCC(=O)NCCN1C(=O)S/C(=C\c2ccc(OC(F)F)cc2)C1=O. The van der Waals surface area contributed by atoms with E-state index in [0.29, 0.717) is 5.56 Å². The van der Waals surface area contributed by atoms with Crippen LogP contribution < -0.4 is 10.1 Å². The van der Waals surface area contributed by atoms with Gasteiger partial charge in [0.15, 0.2) is 0 Å². The summed E-state index contributed by atoms with van der Waals surface area (Å²) in [5.74, 6) is -0.827. The summed E-state index contributed by atoms with van der Waals surface area (Å²) in [6.07, 6.45) is 1.49. The Labute approximate surface area is 152 Å². The zero-order valence-corrected chi connectivity index (χ0v) is 14.6. The molecule has 1 fully saturated rings. The molecule has 1 N–H and O–H groups in total. The van der Waals surface area contributed by atoms with E-state index in [4.69, 9.17) is 0 Å². The molecule has 0 bridgehead atoms. The van der Waals surface area contributed by atoms with Gasteiger partial charge >= 0.3 is 6.61 Å². The molecular formula is C16H16F2N2O5S. The monoisotopic (exact) mass is 386 g/mol. The van der Waals surface area contributed by atoms with Crippen LogP contribution in [0, 0.1) is 0 Å². The van der Waals surface area contributed by atoms with Crippen LogP contribution in [0.15, 0.2) is 29.2 Å². The van der Waals surface area contributed by atoms with E-state index in [1.54, 1.807) is 0 Å². The van der Waals surface area contributed by atoms with Gasteiger partial charge in [0.1, 0.15) is 12.4 Å². The molecule has 0 spiro atoms. The van der Waals surface area contributed by atoms with Crippen LogP contribution in [0.2, 0.25) is 0 Å². The number of hydrogen-bond donors (Lipinski definition) is 1. The molecule has 3 amide bonds. The first-order valence-electron chi connectivity index (χ1n) is 7.46. The molecule has 140 valence electrons. The summed E-state index contributed by atoms with van der Waals surface area (Å²) in [5.41, 5.74) is 0.561. The van der Waals surface area contributed by atoms with Crippen molar-refractivity contribution in [1.29, 1.82) is 0 Å². The van der Waals surface area contributed by atoms with E-state index in [2.05, 4.69) is 14.8 Å². The van der Waals surface area contributed by atoms with Gasteiger partial charge < -0.3 is 14.8 Å². The van der Waals surface area contributed by atoms with Crippen molar-refractivity contribution in [2.24, 2.45) is 0 Å². The Morgan fingerprint density at radius 3 is 2.62 bits per heavy atom. The minimum atomic E-state index is -2.92. The number of carbonyl (C=O) groups excluding carboxylic acids is 3. The van der Waals surface area contributed by atoms with Crippen LogP contribution in [0.3, 0.4) is 0 Å². The summed E-state index contributed by atoms with van der Waals surface area (Å²) in [5, 5.41) is 2.08. The maximum atomic E-state index is 12.3. The molecule has 1 aliphatic heterocycles. The highest BCUT2D eigenvalue weighted by atomic mass is 32.2. The molecule has 1 aliphatic rings. The van der Waals surface area contributed by atoms with Crippen LogP contribution in [-0.4, -0.2) is 55.4 Å². The number of rotatable bonds is 8. The topological polar surface area (TPSA) is 84.9 Å². The molecule has 7 nitrogen and oxygen atoms in total. The van der Waals surface area contributed by atoms with Gasteiger partial charge in [0.05, 0.1) is 4.91 Å². The van der Waals surface area contributed by atoms with E-state index in [9.17, 15) is 23.2 Å². The van der Waals surface area contributed by atoms with Gasteiger partial charge in [-0.3, -0.25) is 19.3 Å². The maximum absolute atomic E-state index is 12.3. The number of benzene rings is 1. The smallest absolute Gasteiger partial charge is 0.387 e. The minimum Gasteiger partial charge on any atom is -0.435 e. The Balaban J connectivity index is 1.96. The van der Waals surface area contributed by atoms with E-state index in [1.165, 1.54) is 37.5 Å². The van der Waals surface area contributed by atoms with Gasteiger partial charge in [-0.2, -0.15) is 8.78 Å². The summed E-state index contributed by atoms with van der Waals surface area (Å²) >= 11 is 0.770. The third-order valence-electron chi connectivity index (χ3n) is 3.21. The molecule has 0 aromatic heterocycles. The maximum Gasteiger partial charge on any atom is 0.387 e. The molecular weight excluding hydrogens is 370 g/mol. The van der Waals surface area contributed by atoms with E-state index in [-0.39, 0.29) is 36.3 Å². The fourth-order valence-electron chi connectivity index (χ4n) is 2.08. The van der Waals surface area contributed by atoms with Crippen molar-refractivity contribution >= 4 is 34.9 Å². The van der Waals surface area contributed by atoms with Gasteiger partial charge in [-0.1, -0.05) is 12.1 Å². The highest BCUT2D eigenvalue weighted by Gasteiger charge is 2.34. The number of carbonyl (C=O) groups is 3. The Morgan fingerprint density at radius 2 is 2.00 bits per heavy atom. The third-order valence-corrected chi connectivity index (χ3v) is 4.12. The first-order chi connectivity index (χ1) is 12.4. The van der Waals surface area contributed by atoms with Crippen molar-refractivity contribution < 1.29 is 32.6 Å². The van der Waals surface area contributed by atoms with Gasteiger partial charge in [0, 0.05) is 20.2 Å². The van der Waals surface area contributed by atoms with E-state index in [1.807, 2.05) is 0 Å². The van der Waals surface area contributed by atoms with E-state index < -0.39 is 17.8 Å². The van der Waals surface area contributed by atoms with E-state index in [0.717, 1.165) is 16.7 Å². The van der Waals surface area contributed by atoms with Crippen molar-refractivity contribution in [2.75, 3.05) is 26.8 Å². The van der Waals surface area contributed by atoms with Gasteiger partial charge in [-0.25, -0.2) is 0 Å². The Hall–Kier alpha value is -2.46. The van der Waals surface area contributed by atoms with Crippen LogP contribution in [0.4, 0.5) is 13.6 Å². The van der Waals surface area contributed by atoms with Crippen molar-refractivity contribution in [1.82, 2.24) is 10.2 Å². The number of imide groups is 1. The lowest BCUT2D eigenvalue weighted by atomic mass is 10.2. The molecule has 0 radical (unpaired) electrons. The summed E-state index contributed by atoms with van der Waals surface area (Å²) in [4.78, 5) is 36.8. The molecule has 0 unspecified atom stereocenters. The zero-order valence-electron chi connectivity index (χ0n) is 13.7. The average Bonchev–Trinajstić information content (AvgIpc) is 2.84. The van der Waals surface area contributed by atoms with Gasteiger partial charge in [-0.05, 0) is 35.5 Å². The van der Waals surface area contributed by atoms with Gasteiger partial charge in [-0.15, -0.1) is 0 Å². The molecule has 0 aliphatic carbocycles. The number of nitrogens with zero attached hydrogens (tertiary/aromatic N) is 1. The molecule has 1 heterocycles. The predicted octanol–water partition coefficient (Wildman–Crippen LogP) is 2.09. The number of thioether (sulfide) groups is 1. The standard InChI is InChI=1S/C16H16F2N2O5S/c1-24-9-13(21)19-6-7-20-14(22)12(26-16(20)23)8-10-2-4-11(5-3-10)25-15(17)18/h2-5,8,15H,6-7,9H2,1H3,(H,19,21)/b12-8-. The second kappa shape index (κ2) is 9.30. The number of halogens is 2. The number of amides is 3. The molecule has 1 aromatic rings. The summed E-state index contributed by atoms with van der Waals surface area (Å²) < 4.78 is 33.1. The summed E-state index contributed by atoms with van der Waals surface area (Å²) in [7, 11) is 1.38. The molecule has 1 aromatic carbocycles. The number of methoxy groups -OCH3 is 1. The van der Waals surface area contributed by atoms with Gasteiger partial charge in [0.2, 0.25) is 5.91 Å². The fourth-order valence-corrected chi connectivity index (χ4v) is 2.94. The number of alkyl halides is 2. The van der Waals surface area contributed by atoms with Crippen LogP contribution >= 0.6 is 11.8 Å². The first kappa shape index (κ1) is 19.9. The number of hydrogen-bond acceptors (Lipinski definition) is 6. The second-order valence-electron chi connectivity index (χ2n) is 5.06. The highest BCUT2D eigenvalue weighted by Crippen LogP contribution is 2.32. The molecule has 0 atom stereocenters. The van der Waals surface area contributed by atoms with Crippen molar-refractivity contribution in [3.63, 3.8) is 0 Å². The summed E-state index contributed by atoms with van der Waals surface area (Å²) in [6.45, 7) is -2.86. The van der Waals surface area contributed by atoms with Crippen molar-refractivity contribution in [3.05, 3.63) is 34.7 Å². The average molecular weight is 386 g/mol. The Morgan fingerprint density at radius 1 is 1.31 bits per heavy atom. The van der Waals surface area contributed by atoms with Crippen molar-refractivity contribution in [3.8, 4) is 5.75 Å². The molecule has 10 heteroatoms. The highest BCUT2D eigenvalue weighted by molar-refractivity contribution is 8.18. The van der Waals surface area contributed by atoms with Crippen LogP contribution in [0.5, 0.6) is 5.75 Å². The number of ether oxygens (including phenoxy) is 2. The van der Waals surface area contributed by atoms with Crippen LogP contribution in [0.25, 0.3) is 6.08 Å². The lowest BCUT2D eigenvalue weighted by molar-refractivity contribution is -0.126. The quantitative estimate of drug-likeness (QED) is 0.689. The fraction of sp³-hybridized carbons (Fsp3) is 0.312. The predicted molar refractivity (Wildman–Crippen MR) is 90.6 cm³/mol. The van der Waals surface area contributed by atoms with Gasteiger partial charge in [0.25, 0.3) is 11.1 Å². The molecule has 26 heavy (non-hydrogen) atoms. The van der Waals surface area contributed by atoms with E-state index >= 15 is 0 Å². The third kappa shape index (κ3) is 5.53. The lowest BCUT2D eigenvalue weighted by Gasteiger charge is -2.12. The second-order valence-corrected chi connectivity index (χ2v) is 6.06. The summed E-state index contributed by atoms with van der Waals surface area (Å²) in [6, 6.07) is 5.68. The minimum absolute atomic E-state index is 0.00273. The normalized spacial score (nSPS) is 15.8. The molecule has 1 saturated heterocycles. The largest absolute Gasteiger partial charge is 0.435 e. The van der Waals surface area contributed by atoms with Crippen LogP contribution in [0.1, 0.15) is 5.56 Å². The first-order valence-corrected chi connectivity index (χ1v) is 8.28. The lowest BCUT2D eigenvalue weighted by Crippen LogP contribution is -2.38. The Bertz CT molecular complexity index is 709. The number of nitrogens with one attached hydrogen (secondary N) is 1. The Kier molecular flexibility index (Phi) is 7.10. The van der Waals surface area contributed by atoms with Crippen LogP contribution in [-0.2, 0) is 14.3 Å².